The van der Waals surface area contributed by atoms with Crippen molar-refractivity contribution in [2.75, 3.05) is 13.7 Å². The molecule has 5 rings (SSSR count). The van der Waals surface area contributed by atoms with Gasteiger partial charge in [0.2, 0.25) is 0 Å². The van der Waals surface area contributed by atoms with Crippen LogP contribution in [-0.2, 0) is 18.3 Å². The van der Waals surface area contributed by atoms with E-state index in [4.69, 9.17) is 37.8 Å². The van der Waals surface area contributed by atoms with Crippen molar-refractivity contribution in [3.05, 3.63) is 63.3 Å². The zero-order valence-corrected chi connectivity index (χ0v) is 21.2. The van der Waals surface area contributed by atoms with Crippen molar-refractivity contribution >= 4 is 35.1 Å². The summed E-state index contributed by atoms with van der Waals surface area (Å²) in [6, 6.07) is 10.2. The molecule has 0 saturated heterocycles. The van der Waals surface area contributed by atoms with E-state index in [2.05, 4.69) is 0 Å². The lowest BCUT2D eigenvalue weighted by Gasteiger charge is -2.33. The van der Waals surface area contributed by atoms with Gasteiger partial charge in [-0.2, -0.15) is 5.10 Å². The minimum atomic E-state index is -0.264. The van der Waals surface area contributed by atoms with Crippen molar-refractivity contribution in [2.24, 2.45) is 13.0 Å². The third-order valence-electron chi connectivity index (χ3n) is 6.59. The van der Waals surface area contributed by atoms with E-state index < -0.39 is 0 Å². The predicted octanol–water partition coefficient (Wildman–Crippen LogP) is 5.48. The molecule has 35 heavy (non-hydrogen) atoms. The van der Waals surface area contributed by atoms with E-state index in [1.165, 1.54) is 7.11 Å². The third-order valence-corrected chi connectivity index (χ3v) is 7.20. The number of ether oxygens (including phenoxy) is 2. The average Bonchev–Trinajstić information content (AvgIpc) is 3.61. The fraction of sp³-hybridized carbons (Fsp3) is 0.346. The topological polar surface area (TPSA) is 73.7 Å². The van der Waals surface area contributed by atoms with Gasteiger partial charge in [0.15, 0.2) is 0 Å². The minimum absolute atomic E-state index is 0.00986. The first-order valence-electron chi connectivity index (χ1n) is 11.5. The van der Waals surface area contributed by atoms with E-state index >= 15 is 0 Å². The van der Waals surface area contributed by atoms with Crippen LogP contribution in [-0.4, -0.2) is 40.2 Å². The summed E-state index contributed by atoms with van der Waals surface area (Å²) in [7, 11) is 3.39. The number of aryl methyl sites for hydroxylation is 1. The summed E-state index contributed by atoms with van der Waals surface area (Å²) in [6.07, 6.45) is 2.35. The number of rotatable bonds is 5. The Morgan fingerprint density at radius 1 is 1.14 bits per heavy atom. The zero-order valence-electron chi connectivity index (χ0n) is 19.7. The summed E-state index contributed by atoms with van der Waals surface area (Å²) in [5.41, 5.74) is 3.97. The van der Waals surface area contributed by atoms with Crippen molar-refractivity contribution in [3.63, 3.8) is 0 Å². The number of amides is 1. The van der Waals surface area contributed by atoms with Gasteiger partial charge in [-0.15, -0.1) is 0 Å². The molecule has 1 fully saturated rings. The van der Waals surface area contributed by atoms with Crippen LogP contribution in [0.3, 0.4) is 0 Å². The van der Waals surface area contributed by atoms with Gasteiger partial charge >= 0.3 is 5.97 Å². The number of esters is 1. The van der Waals surface area contributed by atoms with Crippen molar-refractivity contribution in [3.8, 4) is 22.8 Å². The van der Waals surface area contributed by atoms with Crippen LogP contribution in [0.25, 0.3) is 11.3 Å². The van der Waals surface area contributed by atoms with Crippen molar-refractivity contribution in [1.29, 1.82) is 0 Å². The van der Waals surface area contributed by atoms with Crippen molar-refractivity contribution < 1.29 is 19.1 Å². The molecular formula is C26H25Cl2N3O4. The molecule has 0 N–H and O–H groups in total. The number of hydrogen-bond donors (Lipinski definition) is 0. The normalized spacial score (nSPS) is 17.2. The Hall–Kier alpha value is -3.03. The van der Waals surface area contributed by atoms with Crippen LogP contribution < -0.4 is 9.47 Å². The summed E-state index contributed by atoms with van der Waals surface area (Å²) in [5, 5.41) is 5.54. The lowest BCUT2D eigenvalue weighted by Crippen LogP contribution is -2.39. The molecule has 9 heteroatoms. The molecule has 2 aromatic carbocycles. The van der Waals surface area contributed by atoms with Gasteiger partial charge in [-0.05, 0) is 56.5 Å². The predicted molar refractivity (Wildman–Crippen MR) is 133 cm³/mol. The molecule has 0 spiro atoms. The SMILES string of the molecule is COc1cccc(C(=O)N2CCc3c(nn(C)c3-c3cc(Cl)cc(OC(=O)C4CC4)c3)C2C)c1Cl. The summed E-state index contributed by atoms with van der Waals surface area (Å²) in [6.45, 7) is 2.46. The van der Waals surface area contributed by atoms with Gasteiger partial charge in [0.25, 0.3) is 5.91 Å². The van der Waals surface area contributed by atoms with Crippen LogP contribution in [0.15, 0.2) is 36.4 Å². The fourth-order valence-corrected chi connectivity index (χ4v) is 5.16. The number of nitrogens with zero attached hydrogens (tertiary/aromatic N) is 3. The van der Waals surface area contributed by atoms with Crippen LogP contribution in [0.5, 0.6) is 11.5 Å². The molecule has 0 radical (unpaired) electrons. The van der Waals surface area contributed by atoms with E-state index in [1.807, 2.05) is 26.1 Å². The van der Waals surface area contributed by atoms with Crippen molar-refractivity contribution in [2.45, 2.75) is 32.2 Å². The highest BCUT2D eigenvalue weighted by atomic mass is 35.5. The second-order valence-corrected chi connectivity index (χ2v) is 9.77. The maximum atomic E-state index is 13.4. The second kappa shape index (κ2) is 9.21. The molecular weight excluding hydrogens is 489 g/mol. The highest BCUT2D eigenvalue weighted by Gasteiger charge is 2.35. The Kier molecular flexibility index (Phi) is 6.23. The van der Waals surface area contributed by atoms with E-state index in [1.54, 1.807) is 33.8 Å². The molecule has 1 unspecified atom stereocenters. The maximum absolute atomic E-state index is 13.4. The van der Waals surface area contributed by atoms with E-state index in [0.29, 0.717) is 40.1 Å². The molecule has 7 nitrogen and oxygen atoms in total. The summed E-state index contributed by atoms with van der Waals surface area (Å²) in [4.78, 5) is 27.4. The summed E-state index contributed by atoms with van der Waals surface area (Å²) >= 11 is 12.8. The summed E-state index contributed by atoms with van der Waals surface area (Å²) in [5.74, 6) is 0.486. The van der Waals surface area contributed by atoms with Gasteiger partial charge in [-0.25, -0.2) is 0 Å². The number of methoxy groups -OCH3 is 1. The largest absolute Gasteiger partial charge is 0.495 e. The fourth-order valence-electron chi connectivity index (χ4n) is 4.65. The molecule has 1 amide bonds. The number of hydrogen-bond acceptors (Lipinski definition) is 5. The zero-order chi connectivity index (χ0) is 24.9. The van der Waals surface area contributed by atoms with E-state index in [9.17, 15) is 9.59 Å². The average molecular weight is 514 g/mol. The Labute approximate surface area is 213 Å². The Balaban J connectivity index is 1.46. The highest BCUT2D eigenvalue weighted by molar-refractivity contribution is 6.35. The number of carbonyl (C=O) groups is 2. The first-order valence-corrected chi connectivity index (χ1v) is 12.3. The number of benzene rings is 2. The number of aromatic nitrogens is 2. The third kappa shape index (κ3) is 4.39. The molecule has 0 bridgehead atoms. The molecule has 3 aromatic rings. The van der Waals surface area contributed by atoms with Crippen LogP contribution in [0.1, 0.15) is 47.4 Å². The molecule has 1 aromatic heterocycles. The van der Waals surface area contributed by atoms with E-state index in [0.717, 1.165) is 35.4 Å². The lowest BCUT2D eigenvalue weighted by molar-refractivity contribution is -0.135. The number of fused-ring (bicyclic) bond motifs is 1. The molecule has 1 aliphatic heterocycles. The van der Waals surface area contributed by atoms with Crippen LogP contribution >= 0.6 is 23.2 Å². The van der Waals surface area contributed by atoms with Gasteiger partial charge in [0.05, 0.1) is 41.0 Å². The lowest BCUT2D eigenvalue weighted by atomic mass is 9.95. The second-order valence-electron chi connectivity index (χ2n) is 8.95. The monoisotopic (exact) mass is 513 g/mol. The van der Waals surface area contributed by atoms with Gasteiger partial charge in [-0.3, -0.25) is 14.3 Å². The minimum Gasteiger partial charge on any atom is -0.495 e. The van der Waals surface area contributed by atoms with Gasteiger partial charge in [-0.1, -0.05) is 29.3 Å². The Morgan fingerprint density at radius 3 is 2.63 bits per heavy atom. The molecule has 1 aliphatic carbocycles. The Morgan fingerprint density at radius 2 is 1.91 bits per heavy atom. The molecule has 1 saturated carbocycles. The quantitative estimate of drug-likeness (QED) is 0.333. The first-order chi connectivity index (χ1) is 16.8. The standard InChI is InChI=1S/C26H25Cl2N3O4/c1-14-23-20(9-10-31(14)25(32)19-5-4-6-21(34-3)22(19)28)24(30(2)29-23)16-11-17(27)13-18(12-16)35-26(33)15-7-8-15/h4-6,11-15H,7-10H2,1-3H3. The highest BCUT2D eigenvalue weighted by Crippen LogP contribution is 2.39. The van der Waals surface area contributed by atoms with Crippen LogP contribution in [0, 0.1) is 5.92 Å². The first kappa shape index (κ1) is 23.7. The molecule has 2 heterocycles. The van der Waals surface area contributed by atoms with E-state index in [-0.39, 0.29) is 23.8 Å². The Bertz CT molecular complexity index is 1330. The number of halogens is 2. The summed E-state index contributed by atoms with van der Waals surface area (Å²) < 4.78 is 12.6. The van der Waals surface area contributed by atoms with Gasteiger partial charge in [0.1, 0.15) is 11.5 Å². The van der Waals surface area contributed by atoms with Crippen molar-refractivity contribution in [1.82, 2.24) is 14.7 Å². The van der Waals surface area contributed by atoms with Gasteiger partial charge < -0.3 is 14.4 Å². The van der Waals surface area contributed by atoms with Crippen LogP contribution in [0.4, 0.5) is 0 Å². The van der Waals surface area contributed by atoms with Crippen LogP contribution in [0.2, 0.25) is 10.0 Å². The maximum Gasteiger partial charge on any atom is 0.314 e. The smallest absolute Gasteiger partial charge is 0.314 e. The molecule has 182 valence electrons. The molecule has 2 aliphatic rings. The molecule has 1 atom stereocenters. The van der Waals surface area contributed by atoms with Gasteiger partial charge in [0, 0.05) is 29.7 Å². The number of carbonyl (C=O) groups excluding carboxylic acids is 2.